The minimum atomic E-state index is 0.168. The second-order valence-corrected chi connectivity index (χ2v) is 10.8. The van der Waals surface area contributed by atoms with Crippen molar-refractivity contribution in [2.75, 3.05) is 26.2 Å². The van der Waals surface area contributed by atoms with Crippen LogP contribution in [0.25, 0.3) is 0 Å². The zero-order valence-corrected chi connectivity index (χ0v) is 21.6. The Morgan fingerprint density at radius 2 is 1.78 bits per heavy atom. The third kappa shape index (κ3) is 5.34. The Hall–Kier alpha value is -2.73. The van der Waals surface area contributed by atoms with Crippen LogP contribution in [-0.4, -0.2) is 69.8 Å². The summed E-state index contributed by atoms with van der Waals surface area (Å²) >= 11 is 0. The number of amides is 2. The van der Waals surface area contributed by atoms with Gasteiger partial charge in [0.2, 0.25) is 5.91 Å². The Labute approximate surface area is 215 Å². The molecule has 0 aliphatic carbocycles. The average molecular weight is 489 g/mol. The molecule has 3 fully saturated rings. The highest BCUT2D eigenvalue weighted by molar-refractivity contribution is 5.94. The molecule has 1 aromatic carbocycles. The van der Waals surface area contributed by atoms with Gasteiger partial charge in [0.1, 0.15) is 0 Å². The van der Waals surface area contributed by atoms with E-state index in [1.165, 1.54) is 38.8 Å². The first-order valence-electron chi connectivity index (χ1n) is 13.9. The van der Waals surface area contributed by atoms with Crippen LogP contribution >= 0.6 is 0 Å². The van der Waals surface area contributed by atoms with E-state index in [9.17, 15) is 9.59 Å². The van der Waals surface area contributed by atoms with Crippen molar-refractivity contribution in [3.8, 4) is 0 Å². The molecular formula is C30H40N4O2. The number of carbonyl (C=O) groups is 2. The normalized spacial score (nSPS) is 25.8. The van der Waals surface area contributed by atoms with Gasteiger partial charge in [-0.3, -0.25) is 19.5 Å². The van der Waals surface area contributed by atoms with Crippen LogP contribution in [0.15, 0.2) is 54.9 Å². The molecule has 3 aliphatic heterocycles. The molecule has 6 nitrogen and oxygen atoms in total. The third-order valence-electron chi connectivity index (χ3n) is 8.70. The quantitative estimate of drug-likeness (QED) is 0.544. The van der Waals surface area contributed by atoms with Crippen molar-refractivity contribution in [3.63, 3.8) is 0 Å². The summed E-state index contributed by atoms with van der Waals surface area (Å²) in [6.45, 7) is 6.63. The van der Waals surface area contributed by atoms with Crippen LogP contribution in [0.4, 0.5) is 0 Å². The van der Waals surface area contributed by atoms with Crippen LogP contribution in [0.5, 0.6) is 0 Å². The fourth-order valence-corrected chi connectivity index (χ4v) is 7.05. The molecule has 0 unspecified atom stereocenters. The van der Waals surface area contributed by atoms with Crippen LogP contribution < -0.4 is 0 Å². The maximum absolute atomic E-state index is 13.7. The topological polar surface area (TPSA) is 56.8 Å². The molecular weight excluding hydrogens is 448 g/mol. The molecule has 2 aromatic rings. The zero-order chi connectivity index (χ0) is 24.9. The number of piperidine rings is 3. The van der Waals surface area contributed by atoms with Gasteiger partial charge in [-0.1, -0.05) is 18.2 Å². The van der Waals surface area contributed by atoms with E-state index < -0.39 is 0 Å². The Balaban J connectivity index is 1.29. The van der Waals surface area contributed by atoms with E-state index in [-0.39, 0.29) is 17.9 Å². The number of benzene rings is 1. The summed E-state index contributed by atoms with van der Waals surface area (Å²) in [6, 6.07) is 14.5. The van der Waals surface area contributed by atoms with E-state index in [0.717, 1.165) is 30.5 Å². The second-order valence-electron chi connectivity index (χ2n) is 10.8. The van der Waals surface area contributed by atoms with Gasteiger partial charge in [0, 0.05) is 56.1 Å². The Kier molecular flexibility index (Phi) is 8.00. The Morgan fingerprint density at radius 3 is 2.53 bits per heavy atom. The van der Waals surface area contributed by atoms with E-state index >= 15 is 0 Å². The molecule has 3 aliphatic rings. The van der Waals surface area contributed by atoms with E-state index in [2.05, 4.69) is 14.8 Å². The predicted molar refractivity (Wildman–Crippen MR) is 141 cm³/mol. The molecule has 0 spiro atoms. The smallest absolute Gasteiger partial charge is 0.254 e. The fourth-order valence-electron chi connectivity index (χ4n) is 7.05. The molecule has 0 N–H and O–H groups in total. The van der Waals surface area contributed by atoms with Crippen LogP contribution in [0.3, 0.4) is 0 Å². The number of rotatable bonds is 8. The predicted octanol–water partition coefficient (Wildman–Crippen LogP) is 4.62. The maximum Gasteiger partial charge on any atom is 0.254 e. The summed E-state index contributed by atoms with van der Waals surface area (Å²) in [5.74, 6) is 1.46. The molecule has 5 rings (SSSR count). The van der Waals surface area contributed by atoms with E-state index in [4.69, 9.17) is 0 Å². The molecule has 6 heteroatoms. The van der Waals surface area contributed by atoms with Gasteiger partial charge in [-0.05, 0) is 100 Å². The summed E-state index contributed by atoms with van der Waals surface area (Å²) in [6.07, 6.45) is 10.7. The van der Waals surface area contributed by atoms with Gasteiger partial charge in [-0.15, -0.1) is 0 Å². The summed E-state index contributed by atoms with van der Waals surface area (Å²) in [4.78, 5) is 37.8. The second kappa shape index (κ2) is 11.5. The molecule has 36 heavy (non-hydrogen) atoms. The Morgan fingerprint density at radius 1 is 1.03 bits per heavy atom. The van der Waals surface area contributed by atoms with Crippen molar-refractivity contribution < 1.29 is 9.59 Å². The first-order chi connectivity index (χ1) is 17.7. The molecule has 4 atom stereocenters. The standard InChI is InChI=1S/C30H40N4O2/c1-2-32(21-23-15-17-31-18-16-23)28(35)14-6-13-27-26-12-8-20-33-19-7-11-25(29(26)33)22-34(27)30(36)24-9-4-3-5-10-24/h3-5,9-10,15-18,25-27,29H,2,6-8,11-14,19-22H2,1H3/t25-,26+,27+,29-/m0/s1. The van der Waals surface area contributed by atoms with Gasteiger partial charge >= 0.3 is 0 Å². The lowest BCUT2D eigenvalue weighted by atomic mass is 9.69. The highest BCUT2D eigenvalue weighted by Crippen LogP contribution is 2.43. The van der Waals surface area contributed by atoms with Gasteiger partial charge < -0.3 is 9.80 Å². The summed E-state index contributed by atoms with van der Waals surface area (Å²) in [5.41, 5.74) is 1.90. The third-order valence-corrected chi connectivity index (χ3v) is 8.70. The van der Waals surface area contributed by atoms with Crippen molar-refractivity contribution in [1.82, 2.24) is 19.7 Å². The summed E-state index contributed by atoms with van der Waals surface area (Å²) in [5, 5.41) is 0. The largest absolute Gasteiger partial charge is 0.339 e. The number of likely N-dealkylation sites (tertiary alicyclic amines) is 1. The average Bonchev–Trinajstić information content (AvgIpc) is 2.93. The van der Waals surface area contributed by atoms with Crippen LogP contribution in [0.1, 0.15) is 67.8 Å². The van der Waals surface area contributed by atoms with Gasteiger partial charge in [-0.2, -0.15) is 0 Å². The van der Waals surface area contributed by atoms with Crippen molar-refractivity contribution >= 4 is 11.8 Å². The minimum Gasteiger partial charge on any atom is -0.339 e. The van der Waals surface area contributed by atoms with Gasteiger partial charge in [0.15, 0.2) is 0 Å². The molecule has 3 saturated heterocycles. The van der Waals surface area contributed by atoms with Crippen molar-refractivity contribution in [1.29, 1.82) is 0 Å². The highest BCUT2D eigenvalue weighted by atomic mass is 16.2. The Bertz CT molecular complexity index is 1010. The lowest BCUT2D eigenvalue weighted by Gasteiger charge is -2.57. The van der Waals surface area contributed by atoms with Crippen LogP contribution in [0.2, 0.25) is 0 Å². The monoisotopic (exact) mass is 488 g/mol. The molecule has 0 radical (unpaired) electrons. The van der Waals surface area contributed by atoms with Gasteiger partial charge in [-0.25, -0.2) is 0 Å². The van der Waals surface area contributed by atoms with Gasteiger partial charge in [0.25, 0.3) is 5.91 Å². The summed E-state index contributed by atoms with van der Waals surface area (Å²) in [7, 11) is 0. The van der Waals surface area contributed by atoms with Crippen molar-refractivity contribution in [2.45, 2.75) is 70.5 Å². The molecule has 192 valence electrons. The fraction of sp³-hybridized carbons (Fsp3) is 0.567. The van der Waals surface area contributed by atoms with Crippen molar-refractivity contribution in [3.05, 3.63) is 66.0 Å². The van der Waals surface area contributed by atoms with Crippen LogP contribution in [-0.2, 0) is 11.3 Å². The van der Waals surface area contributed by atoms with Crippen LogP contribution in [0, 0.1) is 11.8 Å². The number of carbonyl (C=O) groups excluding carboxylic acids is 2. The SMILES string of the molecule is CCN(Cc1ccncc1)C(=O)CCC[C@@H]1[C@H]2CCCN3CCC[C@@H](CN1C(=O)c1ccccc1)[C@@H]23. The number of nitrogens with zero attached hydrogens (tertiary/aromatic N) is 4. The number of aromatic nitrogens is 1. The maximum atomic E-state index is 13.7. The zero-order valence-electron chi connectivity index (χ0n) is 21.6. The molecule has 2 amide bonds. The molecule has 0 bridgehead atoms. The number of hydrogen-bond donors (Lipinski definition) is 0. The molecule has 4 heterocycles. The number of pyridine rings is 1. The first-order valence-corrected chi connectivity index (χ1v) is 13.9. The molecule has 0 saturated carbocycles. The van der Waals surface area contributed by atoms with Crippen molar-refractivity contribution in [2.24, 2.45) is 11.8 Å². The van der Waals surface area contributed by atoms with E-state index in [0.29, 0.717) is 37.4 Å². The van der Waals surface area contributed by atoms with E-state index in [1.54, 1.807) is 12.4 Å². The van der Waals surface area contributed by atoms with Gasteiger partial charge in [0.05, 0.1) is 0 Å². The number of hydrogen-bond acceptors (Lipinski definition) is 4. The molecule has 1 aromatic heterocycles. The summed E-state index contributed by atoms with van der Waals surface area (Å²) < 4.78 is 0. The lowest BCUT2D eigenvalue weighted by molar-refractivity contribution is -0.131. The first kappa shape index (κ1) is 24.9. The lowest BCUT2D eigenvalue weighted by Crippen LogP contribution is -2.65. The van der Waals surface area contributed by atoms with E-state index in [1.807, 2.05) is 54.3 Å². The highest BCUT2D eigenvalue weighted by Gasteiger charge is 2.49. The minimum absolute atomic E-state index is 0.168.